The first-order valence-electron chi connectivity index (χ1n) is 11.3. The van der Waals surface area contributed by atoms with E-state index in [0.717, 1.165) is 57.1 Å². The monoisotopic (exact) mass is 449 g/mol. The molecular formula is C23H27N7O3. The molecule has 10 heteroatoms. The van der Waals surface area contributed by atoms with Gasteiger partial charge in [0.05, 0.1) is 25.7 Å². The molecular weight excluding hydrogens is 422 g/mol. The first kappa shape index (κ1) is 21.5. The van der Waals surface area contributed by atoms with E-state index >= 15 is 0 Å². The largest absolute Gasteiger partial charge is 0.378 e. The van der Waals surface area contributed by atoms with Crippen molar-refractivity contribution in [2.24, 2.45) is 5.92 Å². The van der Waals surface area contributed by atoms with Gasteiger partial charge in [0.1, 0.15) is 0 Å². The Morgan fingerprint density at radius 3 is 2.64 bits per heavy atom. The zero-order valence-corrected chi connectivity index (χ0v) is 18.4. The van der Waals surface area contributed by atoms with Crippen LogP contribution in [-0.2, 0) is 16.1 Å². The fraction of sp³-hybridized carbons (Fsp3) is 0.435. The molecule has 0 saturated carbocycles. The van der Waals surface area contributed by atoms with Crippen LogP contribution in [0, 0.1) is 5.92 Å². The Morgan fingerprint density at radius 2 is 1.85 bits per heavy atom. The molecule has 2 aliphatic heterocycles. The van der Waals surface area contributed by atoms with Crippen molar-refractivity contribution in [1.29, 1.82) is 0 Å². The number of carbonyl (C=O) groups excluding carboxylic acids is 1. The van der Waals surface area contributed by atoms with E-state index in [1.54, 1.807) is 18.5 Å². The minimum Gasteiger partial charge on any atom is -0.378 e. The second-order valence-electron chi connectivity index (χ2n) is 8.29. The van der Waals surface area contributed by atoms with Crippen LogP contribution in [0.2, 0.25) is 0 Å². The van der Waals surface area contributed by atoms with Gasteiger partial charge in [0.15, 0.2) is 0 Å². The van der Waals surface area contributed by atoms with Gasteiger partial charge in [-0.25, -0.2) is 9.97 Å². The lowest BCUT2D eigenvalue weighted by Crippen LogP contribution is -2.40. The number of nitrogens with one attached hydrogen (secondary N) is 1. The first-order chi connectivity index (χ1) is 16.2. The molecule has 0 aliphatic carbocycles. The highest BCUT2D eigenvalue weighted by Gasteiger charge is 2.27. The van der Waals surface area contributed by atoms with Gasteiger partial charge in [-0.1, -0.05) is 5.16 Å². The molecule has 0 spiro atoms. The number of rotatable bonds is 6. The number of benzene rings is 1. The molecule has 0 bridgehead atoms. The van der Waals surface area contributed by atoms with Gasteiger partial charge in [-0.3, -0.25) is 9.69 Å². The van der Waals surface area contributed by atoms with Gasteiger partial charge in [-0.05, 0) is 49.7 Å². The van der Waals surface area contributed by atoms with Crippen LogP contribution in [0.3, 0.4) is 0 Å². The van der Waals surface area contributed by atoms with Crippen molar-refractivity contribution in [3.8, 4) is 11.6 Å². The van der Waals surface area contributed by atoms with Crippen LogP contribution in [0.1, 0.15) is 18.7 Å². The molecule has 2 aliphatic rings. The molecule has 0 unspecified atom stereocenters. The normalized spacial score (nSPS) is 19.4. The zero-order valence-electron chi connectivity index (χ0n) is 18.4. The molecule has 33 heavy (non-hydrogen) atoms. The van der Waals surface area contributed by atoms with Crippen LogP contribution in [0.5, 0.6) is 0 Å². The summed E-state index contributed by atoms with van der Waals surface area (Å²) in [5.41, 5.74) is 1.97. The van der Waals surface area contributed by atoms with E-state index in [9.17, 15) is 4.79 Å². The van der Waals surface area contributed by atoms with E-state index in [0.29, 0.717) is 30.6 Å². The summed E-state index contributed by atoms with van der Waals surface area (Å²) in [6.45, 7) is 5.32. The van der Waals surface area contributed by atoms with E-state index in [-0.39, 0.29) is 11.8 Å². The Balaban J connectivity index is 1.15. The van der Waals surface area contributed by atoms with Crippen molar-refractivity contribution in [3.63, 3.8) is 0 Å². The van der Waals surface area contributed by atoms with Gasteiger partial charge in [0, 0.05) is 43.4 Å². The van der Waals surface area contributed by atoms with Crippen LogP contribution in [0.15, 0.2) is 47.2 Å². The third kappa shape index (κ3) is 5.35. The number of piperidine rings is 1. The number of nitrogens with zero attached hydrogens (tertiary/aromatic N) is 6. The Kier molecular flexibility index (Phi) is 6.54. The van der Waals surface area contributed by atoms with Crippen molar-refractivity contribution >= 4 is 17.3 Å². The molecule has 172 valence electrons. The number of aromatic nitrogens is 4. The van der Waals surface area contributed by atoms with Gasteiger partial charge < -0.3 is 19.5 Å². The number of likely N-dealkylation sites (tertiary alicyclic amines) is 1. The summed E-state index contributed by atoms with van der Waals surface area (Å²) in [6.07, 6.45) is 5.09. The predicted molar refractivity (Wildman–Crippen MR) is 121 cm³/mol. The quantitative estimate of drug-likeness (QED) is 0.606. The van der Waals surface area contributed by atoms with Crippen molar-refractivity contribution in [2.75, 3.05) is 49.6 Å². The van der Waals surface area contributed by atoms with Gasteiger partial charge in [0.25, 0.3) is 0 Å². The summed E-state index contributed by atoms with van der Waals surface area (Å²) in [6, 6.07) is 9.78. The maximum Gasteiger partial charge on any atom is 0.241 e. The first-order valence-corrected chi connectivity index (χ1v) is 11.3. The summed E-state index contributed by atoms with van der Waals surface area (Å²) in [4.78, 5) is 30.1. The number of hydrogen-bond acceptors (Lipinski definition) is 9. The fourth-order valence-corrected chi connectivity index (χ4v) is 4.25. The number of anilines is 2. The summed E-state index contributed by atoms with van der Waals surface area (Å²) >= 11 is 0. The van der Waals surface area contributed by atoms with Crippen LogP contribution in [0.25, 0.3) is 11.6 Å². The lowest BCUT2D eigenvalue weighted by atomic mass is 9.97. The summed E-state index contributed by atoms with van der Waals surface area (Å²) in [5.74, 6) is 1.26. The van der Waals surface area contributed by atoms with Crippen molar-refractivity contribution < 1.29 is 14.1 Å². The highest BCUT2D eigenvalue weighted by atomic mass is 16.5. The van der Waals surface area contributed by atoms with E-state index in [1.807, 2.05) is 12.1 Å². The molecule has 1 aromatic carbocycles. The Labute approximate surface area is 192 Å². The molecule has 1 N–H and O–H groups in total. The smallest absolute Gasteiger partial charge is 0.241 e. The van der Waals surface area contributed by atoms with Gasteiger partial charge in [-0.15, -0.1) is 0 Å². The number of hydrogen-bond donors (Lipinski definition) is 1. The van der Waals surface area contributed by atoms with Crippen LogP contribution in [0.4, 0.5) is 11.4 Å². The van der Waals surface area contributed by atoms with E-state index in [2.05, 4.69) is 47.4 Å². The standard InChI is InChI=1S/C23H27N7O3/c31-23(26-18-4-6-19(7-5-18)30-11-13-32-14-12-30)17-3-1-10-29(15-17)16-20-27-22(28-33-20)21-24-8-2-9-25-21/h2,4-9,17H,1,3,10-16H2,(H,26,31)/t17-/m1/s1. The zero-order chi connectivity index (χ0) is 22.5. The molecule has 5 rings (SSSR count). The van der Waals surface area contributed by atoms with E-state index < -0.39 is 0 Å². The summed E-state index contributed by atoms with van der Waals surface area (Å²) in [7, 11) is 0. The molecule has 1 amide bonds. The SMILES string of the molecule is O=C(Nc1ccc(N2CCOCC2)cc1)[C@@H]1CCCN(Cc2nc(-c3ncccn3)no2)C1. The molecule has 2 saturated heterocycles. The fourth-order valence-electron chi connectivity index (χ4n) is 4.25. The Bertz CT molecular complexity index is 1050. The van der Waals surface area contributed by atoms with Gasteiger partial charge >= 0.3 is 0 Å². The maximum atomic E-state index is 12.9. The molecule has 0 radical (unpaired) electrons. The topological polar surface area (TPSA) is 110 Å². The van der Waals surface area contributed by atoms with Crippen molar-refractivity contribution in [1.82, 2.24) is 25.0 Å². The number of ether oxygens (including phenoxy) is 1. The highest BCUT2D eigenvalue weighted by Crippen LogP contribution is 2.23. The number of carbonyl (C=O) groups is 1. The van der Waals surface area contributed by atoms with Crippen molar-refractivity contribution in [2.45, 2.75) is 19.4 Å². The van der Waals surface area contributed by atoms with E-state index in [4.69, 9.17) is 9.26 Å². The minimum absolute atomic E-state index is 0.0442. The third-order valence-electron chi connectivity index (χ3n) is 5.98. The lowest BCUT2D eigenvalue weighted by Gasteiger charge is -2.31. The maximum absolute atomic E-state index is 12.9. The highest BCUT2D eigenvalue weighted by molar-refractivity contribution is 5.92. The molecule has 1 atom stereocenters. The number of morpholine rings is 1. The molecule has 4 heterocycles. The molecule has 3 aromatic rings. The van der Waals surface area contributed by atoms with Crippen molar-refractivity contribution in [3.05, 3.63) is 48.6 Å². The lowest BCUT2D eigenvalue weighted by molar-refractivity contribution is -0.121. The predicted octanol–water partition coefficient (Wildman–Crippen LogP) is 2.21. The number of amides is 1. The minimum atomic E-state index is -0.0856. The van der Waals surface area contributed by atoms with Gasteiger partial charge in [0.2, 0.25) is 23.4 Å². The second kappa shape index (κ2) is 10.1. The Morgan fingerprint density at radius 1 is 1.06 bits per heavy atom. The van der Waals surface area contributed by atoms with Gasteiger partial charge in [-0.2, -0.15) is 4.98 Å². The third-order valence-corrected chi connectivity index (χ3v) is 5.98. The average Bonchev–Trinajstić information content (AvgIpc) is 3.34. The summed E-state index contributed by atoms with van der Waals surface area (Å²) < 4.78 is 10.8. The van der Waals surface area contributed by atoms with Crippen LogP contribution < -0.4 is 10.2 Å². The summed E-state index contributed by atoms with van der Waals surface area (Å²) in [5, 5.41) is 7.05. The van der Waals surface area contributed by atoms with Crippen LogP contribution in [-0.4, -0.2) is 70.3 Å². The molecule has 10 nitrogen and oxygen atoms in total. The van der Waals surface area contributed by atoms with Crippen LogP contribution >= 0.6 is 0 Å². The second-order valence-corrected chi connectivity index (χ2v) is 8.29. The average molecular weight is 450 g/mol. The van der Waals surface area contributed by atoms with E-state index in [1.165, 1.54) is 0 Å². The molecule has 2 aromatic heterocycles. The Hall–Kier alpha value is -3.37. The molecule has 2 fully saturated rings.